The van der Waals surface area contributed by atoms with Gasteiger partial charge in [0.05, 0.1) is 24.1 Å². The van der Waals surface area contributed by atoms with Crippen LogP contribution in [-0.2, 0) is 14.3 Å². The van der Waals surface area contributed by atoms with Crippen LogP contribution in [0.2, 0.25) is 0 Å². The molecule has 5 nitrogen and oxygen atoms in total. The molecule has 5 heteroatoms. The maximum absolute atomic E-state index is 11.6. The number of fused-ring (bicyclic) bond motifs is 1. The largest absolute Gasteiger partial charge is 0.463 e. The monoisotopic (exact) mass is 232 g/mol. The highest BCUT2D eigenvalue weighted by Crippen LogP contribution is 2.26. The third kappa shape index (κ3) is 2.44. The second-order valence-corrected chi connectivity index (χ2v) is 3.43. The van der Waals surface area contributed by atoms with E-state index in [1.807, 2.05) is 18.2 Å². The molecule has 1 amide bonds. The van der Waals surface area contributed by atoms with Crippen molar-refractivity contribution in [3.05, 3.63) is 36.0 Å². The van der Waals surface area contributed by atoms with Crippen molar-refractivity contribution in [2.45, 2.75) is 6.92 Å². The Morgan fingerprint density at radius 1 is 1.29 bits per heavy atom. The lowest BCUT2D eigenvalue weighted by Crippen LogP contribution is -2.26. The Morgan fingerprint density at radius 3 is 2.59 bits per heavy atom. The minimum atomic E-state index is -0.537. The van der Waals surface area contributed by atoms with Gasteiger partial charge < -0.3 is 15.4 Å². The molecule has 0 atom stereocenters. The third-order valence-corrected chi connectivity index (χ3v) is 2.24. The average Bonchev–Trinajstić information content (AvgIpc) is 2.30. The summed E-state index contributed by atoms with van der Waals surface area (Å²) >= 11 is 0. The van der Waals surface area contributed by atoms with Crippen LogP contribution in [0.4, 0.5) is 11.4 Å². The van der Waals surface area contributed by atoms with Gasteiger partial charge in [0.15, 0.2) is 0 Å². The predicted molar refractivity (Wildman–Crippen MR) is 63.4 cm³/mol. The number of anilines is 2. The number of amides is 1. The van der Waals surface area contributed by atoms with E-state index in [0.717, 1.165) is 11.8 Å². The number of esters is 1. The first-order chi connectivity index (χ1) is 8.20. The minimum Gasteiger partial charge on any atom is -0.463 e. The first-order valence-electron chi connectivity index (χ1n) is 5.26. The van der Waals surface area contributed by atoms with Crippen LogP contribution in [0, 0.1) is 0 Å². The Hall–Kier alpha value is -2.30. The number of para-hydroxylation sites is 2. The van der Waals surface area contributed by atoms with Gasteiger partial charge in [0, 0.05) is 0 Å². The summed E-state index contributed by atoms with van der Waals surface area (Å²) in [6.07, 6.45) is 1.15. The van der Waals surface area contributed by atoms with Crippen LogP contribution in [0.1, 0.15) is 6.92 Å². The first kappa shape index (κ1) is 11.2. The fourth-order valence-electron chi connectivity index (χ4n) is 1.50. The average molecular weight is 232 g/mol. The maximum atomic E-state index is 11.6. The molecule has 17 heavy (non-hydrogen) atoms. The highest BCUT2D eigenvalue weighted by Gasteiger charge is 2.19. The predicted octanol–water partition coefficient (Wildman–Crippen LogP) is 1.50. The molecule has 0 bridgehead atoms. The summed E-state index contributed by atoms with van der Waals surface area (Å²) in [6, 6.07) is 7.25. The Kier molecular flexibility index (Phi) is 3.09. The van der Waals surface area contributed by atoms with Gasteiger partial charge in [-0.05, 0) is 19.1 Å². The van der Waals surface area contributed by atoms with Gasteiger partial charge in [0.25, 0.3) is 5.91 Å². The topological polar surface area (TPSA) is 67.4 Å². The molecular formula is C12H12N2O3. The van der Waals surface area contributed by atoms with E-state index in [0.29, 0.717) is 5.69 Å². The summed E-state index contributed by atoms with van der Waals surface area (Å²) in [5.41, 5.74) is 1.63. The second kappa shape index (κ2) is 4.69. The zero-order valence-corrected chi connectivity index (χ0v) is 9.32. The summed E-state index contributed by atoms with van der Waals surface area (Å²) in [7, 11) is 0. The van der Waals surface area contributed by atoms with Crippen molar-refractivity contribution in [1.29, 1.82) is 0 Å². The molecular weight excluding hydrogens is 220 g/mol. The highest BCUT2D eigenvalue weighted by atomic mass is 16.5. The lowest BCUT2D eigenvalue weighted by atomic mass is 10.2. The zero-order valence-electron chi connectivity index (χ0n) is 9.32. The number of hydrogen-bond acceptors (Lipinski definition) is 4. The number of carbonyl (C=O) groups is 2. The quantitative estimate of drug-likeness (QED) is 0.599. The molecule has 0 aromatic heterocycles. The van der Waals surface area contributed by atoms with Crippen LogP contribution in [0.3, 0.4) is 0 Å². The van der Waals surface area contributed by atoms with Gasteiger partial charge in [-0.25, -0.2) is 4.79 Å². The molecule has 1 aromatic rings. The molecule has 0 unspecified atom stereocenters. The summed E-state index contributed by atoms with van der Waals surface area (Å²) in [6.45, 7) is 1.99. The minimum absolute atomic E-state index is 0.183. The molecule has 0 saturated heterocycles. The second-order valence-electron chi connectivity index (χ2n) is 3.43. The molecule has 2 N–H and O–H groups in total. The van der Waals surface area contributed by atoms with E-state index in [1.54, 1.807) is 13.0 Å². The SMILES string of the molecule is CCOC(=O)/C=C1\Nc2ccccc2NC1=O. The Morgan fingerprint density at radius 2 is 1.94 bits per heavy atom. The van der Waals surface area contributed by atoms with Crippen molar-refractivity contribution >= 4 is 23.3 Å². The molecule has 0 spiro atoms. The van der Waals surface area contributed by atoms with Gasteiger partial charge in [-0.2, -0.15) is 0 Å². The standard InChI is InChI=1S/C12H12N2O3/c1-2-17-11(15)7-10-12(16)14-9-6-4-3-5-8(9)13-10/h3-7,13H,2H2,1H3,(H,14,16)/b10-7-. The Labute approximate surface area is 98.5 Å². The molecule has 0 aliphatic carbocycles. The van der Waals surface area contributed by atoms with Crippen LogP contribution < -0.4 is 10.6 Å². The van der Waals surface area contributed by atoms with E-state index in [-0.39, 0.29) is 18.2 Å². The summed E-state index contributed by atoms with van der Waals surface area (Å²) < 4.78 is 4.75. The third-order valence-electron chi connectivity index (χ3n) is 2.24. The van der Waals surface area contributed by atoms with Crippen molar-refractivity contribution < 1.29 is 14.3 Å². The van der Waals surface area contributed by atoms with Gasteiger partial charge in [-0.15, -0.1) is 0 Å². The zero-order chi connectivity index (χ0) is 12.3. The maximum Gasteiger partial charge on any atom is 0.333 e. The molecule has 88 valence electrons. The molecule has 1 aliphatic rings. The Balaban J connectivity index is 2.23. The van der Waals surface area contributed by atoms with E-state index >= 15 is 0 Å². The summed E-state index contributed by atoms with van der Waals surface area (Å²) in [4.78, 5) is 22.9. The number of hydrogen-bond donors (Lipinski definition) is 2. The molecule has 0 radical (unpaired) electrons. The molecule has 1 aliphatic heterocycles. The van der Waals surface area contributed by atoms with E-state index in [4.69, 9.17) is 4.74 Å². The summed E-state index contributed by atoms with van der Waals surface area (Å²) in [5, 5.41) is 5.56. The summed E-state index contributed by atoms with van der Waals surface area (Å²) in [5.74, 6) is -0.888. The van der Waals surface area contributed by atoms with Gasteiger partial charge in [-0.3, -0.25) is 4.79 Å². The lowest BCUT2D eigenvalue weighted by molar-refractivity contribution is -0.137. The van der Waals surface area contributed by atoms with Gasteiger partial charge in [0.1, 0.15) is 5.70 Å². The lowest BCUT2D eigenvalue weighted by Gasteiger charge is -2.20. The number of ether oxygens (including phenoxy) is 1. The van der Waals surface area contributed by atoms with Gasteiger partial charge in [-0.1, -0.05) is 12.1 Å². The van der Waals surface area contributed by atoms with Crippen LogP contribution in [0.25, 0.3) is 0 Å². The number of nitrogens with one attached hydrogen (secondary N) is 2. The van der Waals surface area contributed by atoms with E-state index in [1.165, 1.54) is 0 Å². The molecule has 1 heterocycles. The van der Waals surface area contributed by atoms with Crippen molar-refractivity contribution in [1.82, 2.24) is 0 Å². The molecule has 0 fully saturated rings. The molecule has 1 aromatic carbocycles. The van der Waals surface area contributed by atoms with Crippen molar-refractivity contribution in [2.75, 3.05) is 17.2 Å². The van der Waals surface area contributed by atoms with Crippen LogP contribution in [0.15, 0.2) is 36.0 Å². The van der Waals surface area contributed by atoms with E-state index in [2.05, 4.69) is 10.6 Å². The van der Waals surface area contributed by atoms with Crippen LogP contribution in [0.5, 0.6) is 0 Å². The number of carbonyl (C=O) groups excluding carboxylic acids is 2. The molecule has 0 saturated carbocycles. The van der Waals surface area contributed by atoms with Gasteiger partial charge in [0.2, 0.25) is 0 Å². The highest BCUT2D eigenvalue weighted by molar-refractivity contribution is 6.13. The van der Waals surface area contributed by atoms with Crippen LogP contribution in [-0.4, -0.2) is 18.5 Å². The van der Waals surface area contributed by atoms with E-state index < -0.39 is 5.97 Å². The number of benzene rings is 1. The normalized spacial score (nSPS) is 15.8. The Bertz CT molecular complexity index is 494. The van der Waals surface area contributed by atoms with Crippen molar-refractivity contribution in [3.63, 3.8) is 0 Å². The smallest absolute Gasteiger partial charge is 0.333 e. The molecule has 2 rings (SSSR count). The first-order valence-corrected chi connectivity index (χ1v) is 5.26. The van der Waals surface area contributed by atoms with E-state index in [9.17, 15) is 9.59 Å². The van der Waals surface area contributed by atoms with Crippen molar-refractivity contribution in [2.24, 2.45) is 0 Å². The van der Waals surface area contributed by atoms with Crippen LogP contribution >= 0.6 is 0 Å². The van der Waals surface area contributed by atoms with Crippen molar-refractivity contribution in [3.8, 4) is 0 Å². The van der Waals surface area contributed by atoms with Gasteiger partial charge >= 0.3 is 5.97 Å². The fraction of sp³-hybridized carbons (Fsp3) is 0.167. The number of rotatable bonds is 2. The fourth-order valence-corrected chi connectivity index (χ4v) is 1.50.